The van der Waals surface area contributed by atoms with E-state index in [9.17, 15) is 9.59 Å². The molecule has 0 radical (unpaired) electrons. The first-order valence-electron chi connectivity index (χ1n) is 6.78. The van der Waals surface area contributed by atoms with E-state index in [1.54, 1.807) is 0 Å². The molecule has 0 aromatic heterocycles. The van der Waals surface area contributed by atoms with Gasteiger partial charge in [-0.25, -0.2) is 4.79 Å². The molecule has 0 aromatic carbocycles. The summed E-state index contributed by atoms with van der Waals surface area (Å²) in [5.41, 5.74) is -0.319. The predicted molar refractivity (Wildman–Crippen MR) is 71.1 cm³/mol. The van der Waals surface area contributed by atoms with Gasteiger partial charge in [0.25, 0.3) is 0 Å². The van der Waals surface area contributed by atoms with Crippen LogP contribution in [0, 0.1) is 0 Å². The molecule has 19 heavy (non-hydrogen) atoms. The molecule has 0 aliphatic carbocycles. The Hall–Kier alpha value is -1.30. The Morgan fingerprint density at radius 3 is 2.68 bits per heavy atom. The smallest absolute Gasteiger partial charge is 0.323 e. The van der Waals surface area contributed by atoms with Gasteiger partial charge in [-0.1, -0.05) is 6.92 Å². The van der Waals surface area contributed by atoms with Crippen LogP contribution in [0.3, 0.4) is 0 Å². The lowest BCUT2D eigenvalue weighted by atomic mass is 10.0. The van der Waals surface area contributed by atoms with Crippen molar-refractivity contribution in [1.82, 2.24) is 10.2 Å². The number of nitrogens with zero attached hydrogens (tertiary/aromatic N) is 1. The molecule has 6 heteroatoms. The zero-order valence-electron chi connectivity index (χ0n) is 11.9. The van der Waals surface area contributed by atoms with Crippen LogP contribution in [-0.4, -0.2) is 53.3 Å². The van der Waals surface area contributed by atoms with E-state index in [0.717, 1.165) is 19.4 Å². The number of aliphatic carboxylic acids is 1. The van der Waals surface area contributed by atoms with E-state index in [1.807, 2.05) is 20.8 Å². The van der Waals surface area contributed by atoms with Crippen molar-refractivity contribution in [2.75, 3.05) is 19.7 Å². The lowest BCUT2D eigenvalue weighted by Gasteiger charge is -2.30. The second kappa shape index (κ2) is 6.75. The molecule has 2 unspecified atom stereocenters. The van der Waals surface area contributed by atoms with Gasteiger partial charge in [0, 0.05) is 19.2 Å². The maximum atomic E-state index is 12.1. The van der Waals surface area contributed by atoms with Gasteiger partial charge in [-0.3, -0.25) is 4.79 Å². The van der Waals surface area contributed by atoms with Gasteiger partial charge in [-0.2, -0.15) is 0 Å². The van der Waals surface area contributed by atoms with Crippen LogP contribution in [0.1, 0.15) is 40.0 Å². The van der Waals surface area contributed by atoms with E-state index in [1.165, 1.54) is 4.90 Å². The lowest BCUT2D eigenvalue weighted by molar-refractivity contribution is -0.138. The Morgan fingerprint density at radius 2 is 2.21 bits per heavy atom. The summed E-state index contributed by atoms with van der Waals surface area (Å²) in [6.07, 6.45) is 2.63. The molecule has 1 fully saturated rings. The van der Waals surface area contributed by atoms with Crippen LogP contribution >= 0.6 is 0 Å². The van der Waals surface area contributed by atoms with Gasteiger partial charge in [0.2, 0.25) is 0 Å². The molecule has 1 rings (SSSR count). The molecular weight excluding hydrogens is 248 g/mol. The number of nitrogens with one attached hydrogen (secondary N) is 1. The van der Waals surface area contributed by atoms with Crippen molar-refractivity contribution in [2.24, 2.45) is 0 Å². The Kier molecular flexibility index (Phi) is 5.60. The Morgan fingerprint density at radius 1 is 1.53 bits per heavy atom. The SMILES string of the molecule is CCC(C)N(CC(=O)O)C(=O)NCC1(C)CCCO1. The predicted octanol–water partition coefficient (Wildman–Crippen LogP) is 1.45. The minimum Gasteiger partial charge on any atom is -0.480 e. The summed E-state index contributed by atoms with van der Waals surface area (Å²) in [6, 6.07) is -0.443. The number of carbonyl (C=O) groups is 2. The number of carbonyl (C=O) groups excluding carboxylic acids is 1. The molecular formula is C13H24N2O4. The normalized spacial score (nSPS) is 23.9. The number of carboxylic acids is 1. The lowest BCUT2D eigenvalue weighted by Crippen LogP contribution is -2.50. The highest BCUT2D eigenvalue weighted by molar-refractivity contribution is 5.80. The van der Waals surface area contributed by atoms with E-state index in [0.29, 0.717) is 13.0 Å². The number of amides is 2. The van der Waals surface area contributed by atoms with E-state index in [2.05, 4.69) is 5.32 Å². The molecule has 1 saturated heterocycles. The molecule has 1 aliphatic heterocycles. The first-order chi connectivity index (χ1) is 8.88. The zero-order valence-corrected chi connectivity index (χ0v) is 11.9. The molecule has 1 heterocycles. The summed E-state index contributed by atoms with van der Waals surface area (Å²) in [4.78, 5) is 24.2. The van der Waals surface area contributed by atoms with E-state index in [4.69, 9.17) is 9.84 Å². The van der Waals surface area contributed by atoms with Crippen molar-refractivity contribution in [1.29, 1.82) is 0 Å². The van der Waals surface area contributed by atoms with Crippen LogP contribution in [0.15, 0.2) is 0 Å². The van der Waals surface area contributed by atoms with Gasteiger partial charge in [-0.15, -0.1) is 0 Å². The average Bonchev–Trinajstić information content (AvgIpc) is 2.79. The second-order valence-corrected chi connectivity index (χ2v) is 5.34. The maximum Gasteiger partial charge on any atom is 0.323 e. The van der Waals surface area contributed by atoms with Crippen LogP contribution in [-0.2, 0) is 9.53 Å². The summed E-state index contributed by atoms with van der Waals surface area (Å²) in [6.45, 7) is 6.59. The highest BCUT2D eigenvalue weighted by atomic mass is 16.5. The Bertz CT molecular complexity index is 327. The van der Waals surface area contributed by atoms with Gasteiger partial charge in [0.05, 0.1) is 5.60 Å². The molecule has 1 aliphatic rings. The van der Waals surface area contributed by atoms with Crippen LogP contribution in [0.5, 0.6) is 0 Å². The molecule has 110 valence electrons. The fourth-order valence-corrected chi connectivity index (χ4v) is 2.13. The van der Waals surface area contributed by atoms with Crippen molar-refractivity contribution in [3.05, 3.63) is 0 Å². The minimum atomic E-state index is -1.00. The molecule has 2 atom stereocenters. The largest absolute Gasteiger partial charge is 0.480 e. The van der Waals surface area contributed by atoms with Crippen molar-refractivity contribution in [3.8, 4) is 0 Å². The first-order valence-corrected chi connectivity index (χ1v) is 6.78. The second-order valence-electron chi connectivity index (χ2n) is 5.34. The quantitative estimate of drug-likeness (QED) is 0.767. The fraction of sp³-hybridized carbons (Fsp3) is 0.846. The van der Waals surface area contributed by atoms with E-state index in [-0.39, 0.29) is 24.2 Å². The number of rotatable bonds is 6. The maximum absolute atomic E-state index is 12.1. The molecule has 0 saturated carbocycles. The van der Waals surface area contributed by atoms with Crippen molar-refractivity contribution in [2.45, 2.75) is 51.7 Å². The van der Waals surface area contributed by atoms with Gasteiger partial charge in [-0.05, 0) is 33.1 Å². The highest BCUT2D eigenvalue weighted by Crippen LogP contribution is 2.23. The minimum absolute atomic E-state index is 0.103. The number of urea groups is 1. The number of carboxylic acid groups (broad SMARTS) is 1. The number of hydrogen-bond acceptors (Lipinski definition) is 3. The number of hydrogen-bond donors (Lipinski definition) is 2. The molecule has 6 nitrogen and oxygen atoms in total. The summed E-state index contributed by atoms with van der Waals surface area (Å²) in [7, 11) is 0. The highest BCUT2D eigenvalue weighted by Gasteiger charge is 2.31. The van der Waals surface area contributed by atoms with Crippen LogP contribution < -0.4 is 5.32 Å². The summed E-state index contributed by atoms with van der Waals surface area (Å²) in [5, 5.41) is 11.6. The van der Waals surface area contributed by atoms with Gasteiger partial charge >= 0.3 is 12.0 Å². The fourth-order valence-electron chi connectivity index (χ4n) is 2.13. The Balaban J connectivity index is 2.53. The summed E-state index contributed by atoms with van der Waals surface area (Å²) < 4.78 is 5.59. The monoisotopic (exact) mass is 272 g/mol. The van der Waals surface area contributed by atoms with Crippen LogP contribution in [0.4, 0.5) is 4.79 Å². The van der Waals surface area contributed by atoms with Crippen molar-refractivity contribution >= 4 is 12.0 Å². The summed E-state index contributed by atoms with van der Waals surface area (Å²) >= 11 is 0. The number of ether oxygens (including phenoxy) is 1. The van der Waals surface area contributed by atoms with Gasteiger partial charge in [0.1, 0.15) is 6.54 Å². The zero-order chi connectivity index (χ0) is 14.5. The molecule has 2 N–H and O–H groups in total. The molecule has 0 spiro atoms. The topological polar surface area (TPSA) is 78.9 Å². The van der Waals surface area contributed by atoms with Gasteiger partial charge in [0.15, 0.2) is 0 Å². The molecule has 0 aromatic rings. The van der Waals surface area contributed by atoms with E-state index < -0.39 is 5.97 Å². The third kappa shape index (κ3) is 4.70. The molecule has 0 bridgehead atoms. The van der Waals surface area contributed by atoms with Crippen LogP contribution in [0.2, 0.25) is 0 Å². The average molecular weight is 272 g/mol. The third-order valence-electron chi connectivity index (χ3n) is 3.60. The third-order valence-corrected chi connectivity index (χ3v) is 3.60. The standard InChI is InChI=1S/C13H24N2O4/c1-4-10(2)15(8-11(16)17)12(18)14-9-13(3)6-5-7-19-13/h10H,4-9H2,1-3H3,(H,14,18)(H,16,17). The van der Waals surface area contributed by atoms with Crippen LogP contribution in [0.25, 0.3) is 0 Å². The first kappa shape index (κ1) is 15.8. The van der Waals surface area contributed by atoms with Gasteiger partial charge < -0.3 is 20.1 Å². The van der Waals surface area contributed by atoms with Crippen molar-refractivity contribution < 1.29 is 19.4 Å². The Labute approximate surface area is 114 Å². The summed E-state index contributed by atoms with van der Waals surface area (Å²) in [5.74, 6) is -1.00. The van der Waals surface area contributed by atoms with E-state index >= 15 is 0 Å². The van der Waals surface area contributed by atoms with Crippen molar-refractivity contribution in [3.63, 3.8) is 0 Å². The molecule has 2 amide bonds.